The van der Waals surface area contributed by atoms with E-state index in [2.05, 4.69) is 58.6 Å². The molecule has 0 spiro atoms. The van der Waals surface area contributed by atoms with Crippen LogP contribution in [0.3, 0.4) is 0 Å². The molecule has 1 aromatic carbocycles. The number of nitrogens with zero attached hydrogens (tertiary/aromatic N) is 3. The number of ether oxygens (including phenoxy) is 1. The molecular formula is C12H18IN3OSi. The van der Waals surface area contributed by atoms with Crippen LogP contribution in [-0.4, -0.2) is 29.7 Å². The highest BCUT2D eigenvalue weighted by molar-refractivity contribution is 14.1. The first-order chi connectivity index (χ1) is 8.46. The van der Waals surface area contributed by atoms with Gasteiger partial charge < -0.3 is 4.74 Å². The van der Waals surface area contributed by atoms with Crippen molar-refractivity contribution in [3.63, 3.8) is 0 Å². The Morgan fingerprint density at radius 1 is 1.33 bits per heavy atom. The van der Waals surface area contributed by atoms with Crippen molar-refractivity contribution in [1.29, 1.82) is 0 Å². The van der Waals surface area contributed by atoms with Crippen molar-refractivity contribution in [3.8, 4) is 0 Å². The number of rotatable bonds is 5. The first-order valence-electron chi connectivity index (χ1n) is 6.02. The van der Waals surface area contributed by atoms with E-state index in [-0.39, 0.29) is 0 Å². The fourth-order valence-corrected chi connectivity index (χ4v) is 2.79. The van der Waals surface area contributed by atoms with E-state index in [1.165, 1.54) is 9.61 Å². The minimum absolute atomic E-state index is 0.487. The molecule has 0 atom stereocenters. The minimum atomic E-state index is -1.01. The maximum Gasteiger partial charge on any atom is 0.141 e. The van der Waals surface area contributed by atoms with Crippen LogP contribution in [0.25, 0.3) is 11.0 Å². The molecule has 2 rings (SSSR count). The summed E-state index contributed by atoms with van der Waals surface area (Å²) in [6.07, 6.45) is 0. The summed E-state index contributed by atoms with van der Waals surface area (Å²) >= 11 is 2.29. The average molecular weight is 375 g/mol. The van der Waals surface area contributed by atoms with Crippen molar-refractivity contribution in [1.82, 2.24) is 15.0 Å². The summed E-state index contributed by atoms with van der Waals surface area (Å²) in [5.41, 5.74) is 1.96. The molecular weight excluding hydrogens is 357 g/mol. The summed E-state index contributed by atoms with van der Waals surface area (Å²) in [5.74, 6) is 0. The number of halogens is 1. The van der Waals surface area contributed by atoms with Crippen molar-refractivity contribution in [2.24, 2.45) is 0 Å². The van der Waals surface area contributed by atoms with Crippen LogP contribution in [0.1, 0.15) is 0 Å². The molecule has 0 bridgehead atoms. The fourth-order valence-electron chi connectivity index (χ4n) is 1.56. The Kier molecular flexibility index (Phi) is 4.39. The van der Waals surface area contributed by atoms with Gasteiger partial charge in [0.2, 0.25) is 0 Å². The third-order valence-corrected chi connectivity index (χ3v) is 5.06. The van der Waals surface area contributed by atoms with Crippen LogP contribution in [0.2, 0.25) is 25.7 Å². The first kappa shape index (κ1) is 13.9. The zero-order chi connectivity index (χ0) is 13.2. The van der Waals surface area contributed by atoms with Gasteiger partial charge in [0.05, 0.1) is 5.52 Å². The van der Waals surface area contributed by atoms with Gasteiger partial charge >= 0.3 is 0 Å². The molecule has 0 N–H and O–H groups in total. The molecule has 0 unspecified atom stereocenters. The van der Waals surface area contributed by atoms with Gasteiger partial charge in [0, 0.05) is 18.3 Å². The zero-order valence-corrected chi connectivity index (χ0v) is 14.1. The second kappa shape index (κ2) is 5.66. The minimum Gasteiger partial charge on any atom is -0.359 e. The Hall–Kier alpha value is -0.473. The molecule has 98 valence electrons. The topological polar surface area (TPSA) is 39.9 Å². The van der Waals surface area contributed by atoms with Gasteiger partial charge in [-0.3, -0.25) is 0 Å². The molecule has 6 heteroatoms. The Bertz CT molecular complexity index is 536. The van der Waals surface area contributed by atoms with E-state index in [1.54, 1.807) is 0 Å². The zero-order valence-electron chi connectivity index (χ0n) is 11.0. The van der Waals surface area contributed by atoms with E-state index in [4.69, 9.17) is 4.74 Å². The number of aromatic nitrogens is 3. The Morgan fingerprint density at radius 3 is 2.83 bits per heavy atom. The van der Waals surface area contributed by atoms with Crippen LogP contribution in [-0.2, 0) is 11.5 Å². The Labute approximate surface area is 122 Å². The van der Waals surface area contributed by atoms with Gasteiger partial charge in [0.15, 0.2) is 0 Å². The molecule has 0 fully saturated rings. The third-order valence-electron chi connectivity index (χ3n) is 2.69. The van der Waals surface area contributed by atoms with E-state index in [1.807, 2.05) is 16.8 Å². The molecule has 0 saturated carbocycles. The van der Waals surface area contributed by atoms with Crippen LogP contribution in [0.5, 0.6) is 0 Å². The summed E-state index contributed by atoms with van der Waals surface area (Å²) in [6, 6.07) is 7.28. The lowest BCUT2D eigenvalue weighted by atomic mass is 10.3. The van der Waals surface area contributed by atoms with Crippen molar-refractivity contribution in [2.45, 2.75) is 32.4 Å². The van der Waals surface area contributed by atoms with Crippen LogP contribution in [0, 0.1) is 3.57 Å². The molecule has 0 amide bonds. The van der Waals surface area contributed by atoms with E-state index in [0.717, 1.165) is 17.6 Å². The molecule has 1 aromatic heterocycles. The maximum atomic E-state index is 5.69. The molecule has 4 nitrogen and oxygen atoms in total. The predicted molar refractivity (Wildman–Crippen MR) is 84.4 cm³/mol. The van der Waals surface area contributed by atoms with Gasteiger partial charge in [-0.15, -0.1) is 5.10 Å². The van der Waals surface area contributed by atoms with Gasteiger partial charge in [0.1, 0.15) is 12.2 Å². The van der Waals surface area contributed by atoms with Crippen molar-refractivity contribution in [3.05, 3.63) is 21.8 Å². The summed E-state index contributed by atoms with van der Waals surface area (Å²) in [6.45, 7) is 8.35. The van der Waals surface area contributed by atoms with Crippen LogP contribution >= 0.6 is 22.6 Å². The van der Waals surface area contributed by atoms with Gasteiger partial charge in [0.25, 0.3) is 0 Å². The van der Waals surface area contributed by atoms with Gasteiger partial charge in [-0.2, -0.15) is 0 Å². The summed E-state index contributed by atoms with van der Waals surface area (Å²) < 4.78 is 8.70. The number of hydrogen-bond acceptors (Lipinski definition) is 3. The van der Waals surface area contributed by atoms with Crippen LogP contribution in [0.15, 0.2) is 18.2 Å². The van der Waals surface area contributed by atoms with E-state index in [9.17, 15) is 0 Å². The lowest BCUT2D eigenvalue weighted by Crippen LogP contribution is -2.22. The van der Waals surface area contributed by atoms with E-state index in [0.29, 0.717) is 6.73 Å². The molecule has 0 aliphatic carbocycles. The monoisotopic (exact) mass is 375 g/mol. The largest absolute Gasteiger partial charge is 0.359 e. The number of hydrogen-bond donors (Lipinski definition) is 0. The maximum absolute atomic E-state index is 5.69. The first-order valence-corrected chi connectivity index (χ1v) is 10.8. The summed E-state index contributed by atoms with van der Waals surface area (Å²) in [7, 11) is -1.01. The van der Waals surface area contributed by atoms with Gasteiger partial charge in [-0.1, -0.05) is 24.9 Å². The van der Waals surface area contributed by atoms with Crippen LogP contribution in [0.4, 0.5) is 0 Å². The SMILES string of the molecule is C[Si](C)(C)CCOCn1nnc2ccc(I)cc21. The lowest BCUT2D eigenvalue weighted by Gasteiger charge is -2.15. The Morgan fingerprint density at radius 2 is 2.11 bits per heavy atom. The predicted octanol–water partition coefficient (Wildman–Crippen LogP) is 3.35. The molecule has 0 radical (unpaired) electrons. The molecule has 2 aromatic rings. The van der Waals surface area contributed by atoms with Crippen molar-refractivity contribution in [2.75, 3.05) is 6.61 Å². The smallest absolute Gasteiger partial charge is 0.141 e. The van der Waals surface area contributed by atoms with E-state index < -0.39 is 8.07 Å². The second-order valence-electron chi connectivity index (χ2n) is 5.57. The highest BCUT2D eigenvalue weighted by Gasteiger charge is 2.12. The highest BCUT2D eigenvalue weighted by Crippen LogP contribution is 2.15. The second-order valence-corrected chi connectivity index (χ2v) is 12.4. The summed E-state index contributed by atoms with van der Waals surface area (Å²) in [4.78, 5) is 0. The van der Waals surface area contributed by atoms with E-state index >= 15 is 0 Å². The standard InChI is InChI=1S/C12H18IN3OSi/c1-18(2,3)7-6-17-9-16-12-8-10(13)4-5-11(12)14-15-16/h4-5,8H,6-7,9H2,1-3H3. The molecule has 1 heterocycles. The van der Waals surface area contributed by atoms with Crippen molar-refractivity contribution < 1.29 is 4.74 Å². The highest BCUT2D eigenvalue weighted by atomic mass is 127. The molecule has 0 aliphatic heterocycles. The van der Waals surface area contributed by atoms with Crippen LogP contribution < -0.4 is 0 Å². The van der Waals surface area contributed by atoms with Crippen molar-refractivity contribution >= 4 is 41.7 Å². The van der Waals surface area contributed by atoms with Gasteiger partial charge in [-0.25, -0.2) is 4.68 Å². The number of benzene rings is 1. The molecule has 0 saturated heterocycles. The number of fused-ring (bicyclic) bond motifs is 1. The fraction of sp³-hybridized carbons (Fsp3) is 0.500. The van der Waals surface area contributed by atoms with Gasteiger partial charge in [-0.05, 0) is 46.8 Å². The molecule has 18 heavy (non-hydrogen) atoms. The third kappa shape index (κ3) is 3.76. The average Bonchev–Trinajstić information content (AvgIpc) is 2.66. The quantitative estimate of drug-likeness (QED) is 0.457. The Balaban J connectivity index is 1.98. The molecule has 0 aliphatic rings. The lowest BCUT2D eigenvalue weighted by molar-refractivity contribution is 0.0803. The summed E-state index contributed by atoms with van der Waals surface area (Å²) in [5, 5.41) is 8.25. The normalized spacial score (nSPS) is 12.2.